The van der Waals surface area contributed by atoms with E-state index in [2.05, 4.69) is 6.92 Å². The maximum absolute atomic E-state index is 13.9. The summed E-state index contributed by atoms with van der Waals surface area (Å²) in [6.07, 6.45) is 5.46. The van der Waals surface area contributed by atoms with Gasteiger partial charge in [-0.2, -0.15) is 0 Å². The van der Waals surface area contributed by atoms with Crippen LogP contribution in [0.25, 0.3) is 6.08 Å². The van der Waals surface area contributed by atoms with Crippen LogP contribution in [0.3, 0.4) is 0 Å². The number of carbonyl (C=O) groups excluding carboxylic acids is 2. The molecule has 37 heavy (non-hydrogen) atoms. The second kappa shape index (κ2) is 10.4. The van der Waals surface area contributed by atoms with Gasteiger partial charge < -0.3 is 14.8 Å². The van der Waals surface area contributed by atoms with Gasteiger partial charge in [0.15, 0.2) is 23.1 Å². The Morgan fingerprint density at radius 3 is 2.54 bits per heavy atom. The van der Waals surface area contributed by atoms with Gasteiger partial charge in [0.1, 0.15) is 0 Å². The molecule has 0 bridgehead atoms. The second-order valence-electron chi connectivity index (χ2n) is 10.6. The fourth-order valence-electron chi connectivity index (χ4n) is 6.58. The number of carbonyl (C=O) groups is 2. The quantitative estimate of drug-likeness (QED) is 0.373. The first-order valence-corrected chi connectivity index (χ1v) is 13.2. The minimum absolute atomic E-state index is 0.0102. The first-order chi connectivity index (χ1) is 17.8. The molecule has 1 aliphatic heterocycles. The highest BCUT2D eigenvalue weighted by Gasteiger charge is 2.52. The number of rotatable bonds is 6. The largest absolute Gasteiger partial charge is 0.505 e. The van der Waals surface area contributed by atoms with Gasteiger partial charge in [0.2, 0.25) is 0 Å². The van der Waals surface area contributed by atoms with Gasteiger partial charge >= 0.3 is 7.12 Å². The predicted molar refractivity (Wildman–Crippen MR) is 141 cm³/mol. The maximum atomic E-state index is 13.9. The number of phenols is 1. The Hall–Kier alpha value is -3.03. The van der Waals surface area contributed by atoms with E-state index in [1.165, 1.54) is 12.1 Å². The molecule has 7 heteroatoms. The lowest BCUT2D eigenvalue weighted by atomic mass is 9.54. The van der Waals surface area contributed by atoms with E-state index in [0.717, 1.165) is 29.6 Å². The number of allylic oxidation sites excluding steroid dienone is 2. The summed E-state index contributed by atoms with van der Waals surface area (Å²) in [5.41, 5.74) is 4.93. The number of fused-ring (bicyclic) bond motifs is 4. The van der Waals surface area contributed by atoms with Crippen molar-refractivity contribution in [1.29, 1.82) is 0 Å². The molecule has 3 aliphatic rings. The van der Waals surface area contributed by atoms with E-state index in [4.69, 9.17) is 4.65 Å². The average Bonchev–Trinajstić information content (AvgIpc) is 2.87. The molecule has 0 radical (unpaired) electrons. The maximum Gasteiger partial charge on any atom is 0.455 e. The topological polar surface area (TPSA) is 83.8 Å². The molecule has 2 aromatic carbocycles. The van der Waals surface area contributed by atoms with E-state index in [0.29, 0.717) is 42.3 Å². The Morgan fingerprint density at radius 2 is 1.84 bits per heavy atom. The number of aromatic hydroxyl groups is 1. The normalized spacial score (nSPS) is 25.6. The van der Waals surface area contributed by atoms with Crippen molar-refractivity contribution in [3.63, 3.8) is 0 Å². The van der Waals surface area contributed by atoms with Gasteiger partial charge in [0.25, 0.3) is 0 Å². The van der Waals surface area contributed by atoms with Crippen LogP contribution in [-0.2, 0) is 4.65 Å². The van der Waals surface area contributed by atoms with Gasteiger partial charge in [0, 0.05) is 23.0 Å². The molecule has 2 aliphatic carbocycles. The summed E-state index contributed by atoms with van der Waals surface area (Å²) in [6, 6.07) is 11.4. The van der Waals surface area contributed by atoms with Crippen LogP contribution in [0.2, 0.25) is 6.32 Å². The number of hydrogen-bond acceptors (Lipinski definition) is 5. The van der Waals surface area contributed by atoms with Crippen molar-refractivity contribution in [2.75, 3.05) is 0 Å². The molecule has 1 fully saturated rings. The molecule has 5 nitrogen and oxygen atoms in total. The van der Waals surface area contributed by atoms with Gasteiger partial charge in [-0.3, -0.25) is 9.59 Å². The molecule has 1 heterocycles. The summed E-state index contributed by atoms with van der Waals surface area (Å²) in [5, 5.41) is 20.2. The third kappa shape index (κ3) is 4.83. The van der Waals surface area contributed by atoms with Crippen molar-refractivity contribution in [3.05, 3.63) is 81.7 Å². The molecule has 0 spiro atoms. The minimum atomic E-state index is -1.00. The number of hydrogen-bond donors (Lipinski definition) is 2. The van der Waals surface area contributed by atoms with Crippen LogP contribution in [-0.4, -0.2) is 34.9 Å². The first-order valence-electron chi connectivity index (χ1n) is 13.2. The summed E-state index contributed by atoms with van der Waals surface area (Å²) >= 11 is 0. The molecule has 0 saturated carbocycles. The fourth-order valence-corrected chi connectivity index (χ4v) is 6.58. The third-order valence-electron chi connectivity index (χ3n) is 8.15. The molecule has 0 aromatic heterocycles. The van der Waals surface area contributed by atoms with E-state index in [1.54, 1.807) is 30.3 Å². The molecule has 5 rings (SSSR count). The van der Waals surface area contributed by atoms with Crippen molar-refractivity contribution in [2.24, 2.45) is 17.8 Å². The van der Waals surface area contributed by atoms with Crippen LogP contribution in [0.4, 0.5) is 4.39 Å². The van der Waals surface area contributed by atoms with Crippen LogP contribution in [0.5, 0.6) is 5.75 Å². The van der Waals surface area contributed by atoms with Crippen LogP contribution in [0.1, 0.15) is 72.2 Å². The zero-order valence-corrected chi connectivity index (χ0v) is 21.2. The molecule has 1 saturated heterocycles. The molecule has 0 unspecified atom stereocenters. The van der Waals surface area contributed by atoms with Crippen molar-refractivity contribution in [2.45, 2.75) is 58.4 Å². The van der Waals surface area contributed by atoms with Crippen molar-refractivity contribution in [3.8, 4) is 5.75 Å². The zero-order chi connectivity index (χ0) is 26.3. The molecular formula is C30H32BFO5. The lowest BCUT2D eigenvalue weighted by Gasteiger charge is -2.47. The Balaban J connectivity index is 1.42. The van der Waals surface area contributed by atoms with Gasteiger partial charge in [-0.15, -0.1) is 0 Å². The minimum Gasteiger partial charge on any atom is -0.505 e. The van der Waals surface area contributed by atoms with Crippen molar-refractivity contribution >= 4 is 24.8 Å². The van der Waals surface area contributed by atoms with Crippen LogP contribution in [0.15, 0.2) is 59.2 Å². The third-order valence-corrected chi connectivity index (χ3v) is 8.15. The standard InChI is InChI=1S/C30H32BFO5/c1-3-6-18(14-19-9-11-25(33)24(32)15-19)10-12-26-27-17(2)13-22-28(23(27)16-31(36)37-26)30(35)21-8-5-4-7-20(21)29(22)34/h4-5,7-9,11,14-15,22-23,26,28,33,36H,3,6,10,12-13,16H2,1-2H3/b18-14+/t22-,23+,26-,28-/m1/s1. The number of ketones is 2. The van der Waals surface area contributed by atoms with E-state index < -0.39 is 24.8 Å². The summed E-state index contributed by atoms with van der Waals surface area (Å²) in [7, 11) is -1.00. The molecular weight excluding hydrogens is 470 g/mol. The number of phenolic OH excluding ortho intramolecular Hbond substituents is 1. The van der Waals surface area contributed by atoms with E-state index in [9.17, 15) is 24.1 Å². The van der Waals surface area contributed by atoms with Crippen LogP contribution >= 0.6 is 0 Å². The van der Waals surface area contributed by atoms with E-state index in [1.807, 2.05) is 13.0 Å². The summed E-state index contributed by atoms with van der Waals surface area (Å²) < 4.78 is 19.9. The molecule has 2 N–H and O–H groups in total. The predicted octanol–water partition coefficient (Wildman–Crippen LogP) is 6.02. The summed E-state index contributed by atoms with van der Waals surface area (Å²) in [4.78, 5) is 27.0. The van der Waals surface area contributed by atoms with Crippen molar-refractivity contribution < 1.29 is 28.8 Å². The smallest absolute Gasteiger partial charge is 0.455 e. The van der Waals surface area contributed by atoms with Crippen LogP contribution < -0.4 is 0 Å². The molecule has 4 atom stereocenters. The lowest BCUT2D eigenvalue weighted by molar-refractivity contribution is 0.0601. The van der Waals surface area contributed by atoms with E-state index >= 15 is 0 Å². The molecule has 0 amide bonds. The number of benzene rings is 2. The first kappa shape index (κ1) is 25.6. The Labute approximate surface area is 217 Å². The zero-order valence-electron chi connectivity index (χ0n) is 21.2. The Morgan fingerprint density at radius 1 is 1.11 bits per heavy atom. The number of halogens is 1. The van der Waals surface area contributed by atoms with Gasteiger partial charge in [-0.1, -0.05) is 60.9 Å². The average molecular weight is 502 g/mol. The lowest BCUT2D eigenvalue weighted by Crippen LogP contribution is -2.50. The van der Waals surface area contributed by atoms with E-state index in [-0.39, 0.29) is 29.3 Å². The monoisotopic (exact) mass is 502 g/mol. The fraction of sp³-hybridized carbons (Fsp3) is 0.400. The van der Waals surface area contributed by atoms with Gasteiger partial charge in [0.05, 0.1) is 6.10 Å². The highest BCUT2D eigenvalue weighted by molar-refractivity contribution is 6.43. The highest BCUT2D eigenvalue weighted by Crippen LogP contribution is 2.50. The van der Waals surface area contributed by atoms with Gasteiger partial charge in [-0.05, 0) is 68.1 Å². The van der Waals surface area contributed by atoms with Crippen LogP contribution in [0, 0.1) is 23.6 Å². The Bertz CT molecular complexity index is 1300. The molecule has 192 valence electrons. The SMILES string of the molecule is CCC/C(=C\c1ccc(O)c(F)c1)CC[C@H]1OB(O)C[C@H]2C1=C(C)C[C@H]1C(=O)c3ccccc3C(=O)[C@H]12. The highest BCUT2D eigenvalue weighted by atomic mass is 19.1. The summed E-state index contributed by atoms with van der Waals surface area (Å²) in [5.74, 6) is -2.13. The van der Waals surface area contributed by atoms with Crippen molar-refractivity contribution in [1.82, 2.24) is 0 Å². The number of Topliss-reactive ketones (excluding diaryl/α,β-unsaturated/α-hetero) is 2. The Kier molecular flexibility index (Phi) is 7.19. The second-order valence-corrected chi connectivity index (χ2v) is 10.6. The summed E-state index contributed by atoms with van der Waals surface area (Å²) in [6.45, 7) is 4.10. The van der Waals surface area contributed by atoms with Gasteiger partial charge in [-0.25, -0.2) is 4.39 Å². The molecule has 2 aromatic rings.